The van der Waals surface area contributed by atoms with E-state index in [0.29, 0.717) is 11.6 Å². The summed E-state index contributed by atoms with van der Waals surface area (Å²) in [5, 5.41) is 8.42. The number of pyridine rings is 1. The number of nitrogens with zero attached hydrogens (tertiary/aromatic N) is 2. The molecule has 21 heavy (non-hydrogen) atoms. The van der Waals surface area contributed by atoms with Crippen LogP contribution in [0.5, 0.6) is 5.75 Å². The summed E-state index contributed by atoms with van der Waals surface area (Å²) in [6, 6.07) is 11.7. The second-order valence-electron chi connectivity index (χ2n) is 5.24. The summed E-state index contributed by atoms with van der Waals surface area (Å²) in [6.45, 7) is 0. The van der Waals surface area contributed by atoms with Crippen molar-refractivity contribution in [1.29, 1.82) is 0 Å². The number of nitrogens with one attached hydrogen (secondary N) is 1. The molecule has 1 saturated carbocycles. The fourth-order valence-corrected chi connectivity index (χ4v) is 2.39. The molecule has 4 rings (SSSR count). The smallest absolute Gasteiger partial charge is 0.259 e. The Hall–Kier alpha value is -2.56. The van der Waals surface area contributed by atoms with Crippen LogP contribution in [0.4, 0.5) is 11.5 Å². The second kappa shape index (κ2) is 4.77. The third-order valence-corrected chi connectivity index (χ3v) is 3.69. The van der Waals surface area contributed by atoms with Crippen molar-refractivity contribution in [2.45, 2.75) is 18.8 Å². The lowest BCUT2D eigenvalue weighted by molar-refractivity contribution is 0.415. The average Bonchev–Trinajstić information content (AvgIpc) is 3.28. The quantitative estimate of drug-likeness (QED) is 0.787. The van der Waals surface area contributed by atoms with E-state index in [1.807, 2.05) is 36.4 Å². The molecular weight excluding hydrogens is 266 g/mol. The van der Waals surface area contributed by atoms with Crippen molar-refractivity contribution in [3.8, 4) is 5.75 Å². The third-order valence-electron chi connectivity index (χ3n) is 3.69. The van der Waals surface area contributed by atoms with Gasteiger partial charge in [0.05, 0.1) is 18.2 Å². The molecule has 0 atom stereocenters. The van der Waals surface area contributed by atoms with Gasteiger partial charge < -0.3 is 14.6 Å². The average molecular weight is 281 g/mol. The molecule has 5 heteroatoms. The molecule has 1 aliphatic carbocycles. The highest BCUT2D eigenvalue weighted by Crippen LogP contribution is 2.42. The number of rotatable bonds is 4. The van der Waals surface area contributed by atoms with Crippen molar-refractivity contribution in [1.82, 2.24) is 10.1 Å². The molecule has 106 valence electrons. The van der Waals surface area contributed by atoms with E-state index in [0.717, 1.165) is 28.3 Å². The number of benzene rings is 1. The Kier molecular flexibility index (Phi) is 2.77. The van der Waals surface area contributed by atoms with Gasteiger partial charge in [0, 0.05) is 11.6 Å². The monoisotopic (exact) mass is 281 g/mol. The molecule has 0 saturated heterocycles. The van der Waals surface area contributed by atoms with Gasteiger partial charge in [-0.05, 0) is 49.2 Å². The van der Waals surface area contributed by atoms with Crippen LogP contribution in [0.3, 0.4) is 0 Å². The van der Waals surface area contributed by atoms with Crippen LogP contribution in [0.25, 0.3) is 11.1 Å². The van der Waals surface area contributed by atoms with Crippen molar-refractivity contribution in [3.05, 3.63) is 42.1 Å². The molecule has 5 nitrogen and oxygen atoms in total. The molecule has 0 unspecified atom stereocenters. The molecule has 0 bridgehead atoms. The highest BCUT2D eigenvalue weighted by Gasteiger charge is 2.29. The normalized spacial score (nSPS) is 14.3. The molecule has 0 amide bonds. The number of aromatic nitrogens is 2. The maximum absolute atomic E-state index is 5.34. The van der Waals surface area contributed by atoms with E-state index >= 15 is 0 Å². The van der Waals surface area contributed by atoms with Crippen molar-refractivity contribution >= 4 is 22.6 Å². The highest BCUT2D eigenvalue weighted by molar-refractivity contribution is 5.79. The molecule has 0 spiro atoms. The summed E-state index contributed by atoms with van der Waals surface area (Å²) in [7, 11) is 1.65. The zero-order valence-electron chi connectivity index (χ0n) is 11.7. The Bertz CT molecular complexity index is 776. The van der Waals surface area contributed by atoms with Gasteiger partial charge in [0.2, 0.25) is 0 Å². The van der Waals surface area contributed by atoms with Gasteiger partial charge in [-0.25, -0.2) is 0 Å². The molecular formula is C16H15N3O2. The van der Waals surface area contributed by atoms with E-state index in [4.69, 9.17) is 9.26 Å². The Balaban J connectivity index is 1.61. The SMILES string of the molecule is COc1ccc(Nc2ccc3c(C4CC4)noc3n2)cc1. The minimum atomic E-state index is 0.563. The van der Waals surface area contributed by atoms with Crippen LogP contribution in [0, 0.1) is 0 Å². The number of hydrogen-bond acceptors (Lipinski definition) is 5. The van der Waals surface area contributed by atoms with E-state index in [-0.39, 0.29) is 0 Å². The molecule has 0 aliphatic heterocycles. The van der Waals surface area contributed by atoms with Crippen LogP contribution in [0.2, 0.25) is 0 Å². The van der Waals surface area contributed by atoms with Gasteiger partial charge >= 0.3 is 0 Å². The maximum Gasteiger partial charge on any atom is 0.259 e. The van der Waals surface area contributed by atoms with Gasteiger partial charge in [0.1, 0.15) is 11.6 Å². The molecule has 3 aromatic rings. The molecule has 0 radical (unpaired) electrons. The van der Waals surface area contributed by atoms with Gasteiger partial charge in [0.25, 0.3) is 5.71 Å². The predicted molar refractivity (Wildman–Crippen MR) is 80.1 cm³/mol. The van der Waals surface area contributed by atoms with E-state index in [1.165, 1.54) is 12.8 Å². The fraction of sp³-hybridized carbons (Fsp3) is 0.250. The van der Waals surface area contributed by atoms with Crippen LogP contribution >= 0.6 is 0 Å². The first-order valence-electron chi connectivity index (χ1n) is 7.01. The molecule has 1 N–H and O–H groups in total. The summed E-state index contributed by atoms with van der Waals surface area (Å²) in [6.07, 6.45) is 2.40. The second-order valence-corrected chi connectivity index (χ2v) is 5.24. The molecule has 1 aliphatic rings. The lowest BCUT2D eigenvalue weighted by Crippen LogP contribution is -1.93. The first-order valence-corrected chi connectivity index (χ1v) is 7.01. The first-order chi connectivity index (χ1) is 10.3. The van der Waals surface area contributed by atoms with Crippen molar-refractivity contribution in [3.63, 3.8) is 0 Å². The standard InChI is InChI=1S/C16H15N3O2/c1-20-12-6-4-11(5-7-12)17-14-9-8-13-15(10-2-3-10)19-21-16(13)18-14/h4-10H,2-3H2,1H3,(H,17,18). The number of hydrogen-bond donors (Lipinski definition) is 1. The van der Waals surface area contributed by atoms with E-state index in [2.05, 4.69) is 15.5 Å². The first kappa shape index (κ1) is 12.2. The number of fused-ring (bicyclic) bond motifs is 1. The van der Waals surface area contributed by atoms with Crippen molar-refractivity contribution in [2.24, 2.45) is 0 Å². The van der Waals surface area contributed by atoms with Crippen LogP contribution < -0.4 is 10.1 Å². The zero-order chi connectivity index (χ0) is 14.2. The van der Waals surface area contributed by atoms with Crippen molar-refractivity contribution in [2.75, 3.05) is 12.4 Å². The summed E-state index contributed by atoms with van der Waals surface area (Å²) in [5.74, 6) is 2.13. The predicted octanol–water partition coefficient (Wildman–Crippen LogP) is 3.85. The molecule has 2 aromatic heterocycles. The van der Waals surface area contributed by atoms with E-state index in [1.54, 1.807) is 7.11 Å². The largest absolute Gasteiger partial charge is 0.497 e. The van der Waals surface area contributed by atoms with Crippen LogP contribution in [-0.2, 0) is 0 Å². The Morgan fingerprint density at radius 3 is 2.67 bits per heavy atom. The molecule has 1 aromatic carbocycles. The number of anilines is 2. The summed E-state index contributed by atoms with van der Waals surface area (Å²) >= 11 is 0. The molecule has 1 fully saturated rings. The highest BCUT2D eigenvalue weighted by atomic mass is 16.5. The van der Waals surface area contributed by atoms with Crippen LogP contribution in [0.1, 0.15) is 24.5 Å². The fourth-order valence-electron chi connectivity index (χ4n) is 2.39. The summed E-state index contributed by atoms with van der Waals surface area (Å²) in [5.41, 5.74) is 2.59. The van der Waals surface area contributed by atoms with Crippen LogP contribution in [-0.4, -0.2) is 17.3 Å². The van der Waals surface area contributed by atoms with Crippen molar-refractivity contribution < 1.29 is 9.26 Å². The van der Waals surface area contributed by atoms with E-state index in [9.17, 15) is 0 Å². The maximum atomic E-state index is 5.34. The lowest BCUT2D eigenvalue weighted by atomic mass is 10.2. The summed E-state index contributed by atoms with van der Waals surface area (Å²) < 4.78 is 10.5. The topological polar surface area (TPSA) is 60.2 Å². The van der Waals surface area contributed by atoms with Gasteiger partial charge in [-0.1, -0.05) is 5.16 Å². The third kappa shape index (κ3) is 2.31. The van der Waals surface area contributed by atoms with Gasteiger partial charge in [-0.2, -0.15) is 4.98 Å². The Morgan fingerprint density at radius 2 is 1.95 bits per heavy atom. The van der Waals surface area contributed by atoms with E-state index < -0.39 is 0 Å². The number of methoxy groups -OCH3 is 1. The minimum absolute atomic E-state index is 0.563. The Labute approximate surface area is 121 Å². The van der Waals surface area contributed by atoms with Gasteiger partial charge in [0.15, 0.2) is 0 Å². The minimum Gasteiger partial charge on any atom is -0.497 e. The summed E-state index contributed by atoms with van der Waals surface area (Å²) in [4.78, 5) is 4.47. The van der Waals surface area contributed by atoms with Gasteiger partial charge in [-0.15, -0.1) is 0 Å². The molecule has 2 heterocycles. The lowest BCUT2D eigenvalue weighted by Gasteiger charge is -2.06. The van der Waals surface area contributed by atoms with Crippen LogP contribution in [0.15, 0.2) is 40.9 Å². The Morgan fingerprint density at radius 1 is 1.14 bits per heavy atom. The zero-order valence-corrected chi connectivity index (χ0v) is 11.7. The van der Waals surface area contributed by atoms with Gasteiger partial charge in [-0.3, -0.25) is 0 Å². The number of ether oxygens (including phenoxy) is 1.